The molecule has 0 amide bonds. The molecule has 2 aromatic carbocycles. The van der Waals surface area contributed by atoms with E-state index >= 15 is 0 Å². The van der Waals surface area contributed by atoms with Crippen LogP contribution in [0.1, 0.15) is 18.1 Å². The highest BCUT2D eigenvalue weighted by Crippen LogP contribution is 2.33. The van der Waals surface area contributed by atoms with Gasteiger partial charge in [0.05, 0.1) is 22.3 Å². The molecule has 0 atom stereocenters. The molecule has 0 aliphatic carbocycles. The molecule has 2 nitrogen and oxygen atoms in total. The number of nitriles is 1. The first kappa shape index (κ1) is 13.5. The number of benzene rings is 2. The third-order valence-corrected chi connectivity index (χ3v) is 3.39. The number of nitrogens with zero attached hydrogens (tertiary/aromatic N) is 2. The molecule has 0 heterocycles. The lowest BCUT2D eigenvalue weighted by molar-refractivity contribution is 1.02. The summed E-state index contributed by atoms with van der Waals surface area (Å²) >= 11 is 6.29. The fourth-order valence-corrected chi connectivity index (χ4v) is 2.41. The van der Waals surface area contributed by atoms with Gasteiger partial charge in [0, 0.05) is 12.2 Å². The van der Waals surface area contributed by atoms with Crippen LogP contribution in [0.4, 0.5) is 11.4 Å². The Bertz CT molecular complexity index is 629. The zero-order valence-corrected chi connectivity index (χ0v) is 11.8. The maximum Gasteiger partial charge on any atom is 0.0992 e. The molecule has 2 rings (SSSR count). The van der Waals surface area contributed by atoms with Gasteiger partial charge in [-0.3, -0.25) is 0 Å². The van der Waals surface area contributed by atoms with Crippen LogP contribution in [0.25, 0.3) is 0 Å². The Morgan fingerprint density at radius 1 is 1.16 bits per heavy atom. The smallest absolute Gasteiger partial charge is 0.0992 e. The van der Waals surface area contributed by atoms with Crippen molar-refractivity contribution in [2.24, 2.45) is 0 Å². The van der Waals surface area contributed by atoms with E-state index in [9.17, 15) is 0 Å². The maximum absolute atomic E-state index is 8.89. The van der Waals surface area contributed by atoms with E-state index < -0.39 is 0 Å². The second kappa shape index (κ2) is 5.77. The Balaban J connectivity index is 2.49. The van der Waals surface area contributed by atoms with E-state index in [0.29, 0.717) is 10.6 Å². The molecule has 0 bridgehead atoms. The van der Waals surface area contributed by atoms with Crippen LogP contribution in [0.2, 0.25) is 5.02 Å². The largest absolute Gasteiger partial charge is 0.340 e. The van der Waals surface area contributed by atoms with Crippen LogP contribution in [0.3, 0.4) is 0 Å². The molecule has 0 aromatic heterocycles. The highest BCUT2D eigenvalue weighted by molar-refractivity contribution is 6.33. The van der Waals surface area contributed by atoms with Crippen LogP contribution in [-0.2, 0) is 0 Å². The molecular formula is C16H15ClN2. The van der Waals surface area contributed by atoms with Gasteiger partial charge in [-0.2, -0.15) is 5.26 Å². The van der Waals surface area contributed by atoms with Crippen LogP contribution in [0, 0.1) is 18.3 Å². The number of aryl methyl sites for hydroxylation is 1. The molecule has 0 unspecified atom stereocenters. The normalized spacial score (nSPS) is 10.0. The van der Waals surface area contributed by atoms with Gasteiger partial charge in [-0.15, -0.1) is 0 Å². The van der Waals surface area contributed by atoms with Crippen molar-refractivity contribution in [2.45, 2.75) is 13.8 Å². The molecule has 0 saturated heterocycles. The van der Waals surface area contributed by atoms with Crippen molar-refractivity contribution < 1.29 is 0 Å². The van der Waals surface area contributed by atoms with Crippen molar-refractivity contribution in [2.75, 3.05) is 11.4 Å². The van der Waals surface area contributed by atoms with Crippen molar-refractivity contribution in [3.63, 3.8) is 0 Å². The summed E-state index contributed by atoms with van der Waals surface area (Å²) in [4.78, 5) is 2.15. The maximum atomic E-state index is 8.89. The van der Waals surface area contributed by atoms with Gasteiger partial charge in [0.1, 0.15) is 0 Å². The summed E-state index contributed by atoms with van der Waals surface area (Å²) in [5, 5.41) is 9.49. The second-order valence-corrected chi connectivity index (χ2v) is 4.72. The molecule has 19 heavy (non-hydrogen) atoms. The van der Waals surface area contributed by atoms with E-state index in [1.807, 2.05) is 18.2 Å². The first-order chi connectivity index (χ1) is 9.17. The van der Waals surface area contributed by atoms with E-state index in [0.717, 1.165) is 17.9 Å². The number of rotatable bonds is 3. The fourth-order valence-electron chi connectivity index (χ4n) is 2.13. The minimum Gasteiger partial charge on any atom is -0.340 e. The van der Waals surface area contributed by atoms with Gasteiger partial charge in [-0.1, -0.05) is 29.8 Å². The topological polar surface area (TPSA) is 27.0 Å². The molecule has 0 fully saturated rings. The second-order valence-electron chi connectivity index (χ2n) is 4.31. The average Bonchev–Trinajstić information content (AvgIpc) is 2.43. The van der Waals surface area contributed by atoms with Gasteiger partial charge in [0.15, 0.2) is 0 Å². The Morgan fingerprint density at radius 2 is 1.89 bits per heavy atom. The first-order valence-electron chi connectivity index (χ1n) is 6.20. The van der Waals surface area contributed by atoms with Crippen molar-refractivity contribution in [3.8, 4) is 6.07 Å². The first-order valence-corrected chi connectivity index (χ1v) is 6.58. The van der Waals surface area contributed by atoms with Gasteiger partial charge in [0.25, 0.3) is 0 Å². The minimum atomic E-state index is 0.578. The molecule has 0 saturated carbocycles. The number of halogens is 1. The Morgan fingerprint density at radius 3 is 2.47 bits per heavy atom. The summed E-state index contributed by atoms with van der Waals surface area (Å²) < 4.78 is 0. The summed E-state index contributed by atoms with van der Waals surface area (Å²) in [7, 11) is 0. The molecule has 0 N–H and O–H groups in total. The Hall–Kier alpha value is -1.98. The number of para-hydroxylation sites is 1. The van der Waals surface area contributed by atoms with Crippen molar-refractivity contribution in [3.05, 3.63) is 58.6 Å². The van der Waals surface area contributed by atoms with Crippen LogP contribution in [0.5, 0.6) is 0 Å². The summed E-state index contributed by atoms with van der Waals surface area (Å²) in [5.74, 6) is 0. The molecule has 0 radical (unpaired) electrons. The highest BCUT2D eigenvalue weighted by atomic mass is 35.5. The highest BCUT2D eigenvalue weighted by Gasteiger charge is 2.13. The monoisotopic (exact) mass is 270 g/mol. The molecule has 2 aromatic rings. The molecular weight excluding hydrogens is 256 g/mol. The van der Waals surface area contributed by atoms with Gasteiger partial charge in [-0.25, -0.2) is 0 Å². The van der Waals surface area contributed by atoms with Crippen molar-refractivity contribution >= 4 is 23.0 Å². The van der Waals surface area contributed by atoms with Crippen molar-refractivity contribution in [1.82, 2.24) is 0 Å². The molecule has 96 valence electrons. The lowest BCUT2D eigenvalue weighted by Gasteiger charge is -2.26. The standard InChI is InChI=1S/C16H15ClN2/c1-3-19(15-7-5-4-6-12(15)2)16-9-8-13(11-18)10-14(16)17/h4-10H,3H2,1-2H3. The summed E-state index contributed by atoms with van der Waals surface area (Å²) in [6.07, 6.45) is 0. The Labute approximate surface area is 118 Å². The third kappa shape index (κ3) is 2.72. The van der Waals surface area contributed by atoms with Crippen LogP contribution in [-0.4, -0.2) is 6.54 Å². The van der Waals surface area contributed by atoms with Gasteiger partial charge >= 0.3 is 0 Å². The predicted octanol–water partition coefficient (Wildman–Crippen LogP) is 4.68. The van der Waals surface area contributed by atoms with Crippen LogP contribution in [0.15, 0.2) is 42.5 Å². The van der Waals surface area contributed by atoms with E-state index in [2.05, 4.69) is 36.9 Å². The van der Waals surface area contributed by atoms with Crippen LogP contribution < -0.4 is 4.90 Å². The number of hydrogen-bond donors (Lipinski definition) is 0. The SMILES string of the molecule is CCN(c1ccccc1C)c1ccc(C#N)cc1Cl. The molecule has 3 heteroatoms. The third-order valence-electron chi connectivity index (χ3n) is 3.09. The quantitative estimate of drug-likeness (QED) is 0.810. The summed E-state index contributed by atoms with van der Waals surface area (Å²) in [5.41, 5.74) is 3.84. The number of anilines is 2. The van der Waals surface area contributed by atoms with Gasteiger partial charge in [-0.05, 0) is 43.7 Å². The minimum absolute atomic E-state index is 0.578. The molecule has 0 aliphatic heterocycles. The molecule has 0 spiro atoms. The zero-order valence-electron chi connectivity index (χ0n) is 11.0. The average molecular weight is 271 g/mol. The fraction of sp³-hybridized carbons (Fsp3) is 0.188. The van der Waals surface area contributed by atoms with E-state index in [1.165, 1.54) is 5.56 Å². The number of hydrogen-bond acceptors (Lipinski definition) is 2. The van der Waals surface area contributed by atoms with E-state index in [4.69, 9.17) is 16.9 Å². The van der Waals surface area contributed by atoms with Gasteiger partial charge < -0.3 is 4.90 Å². The predicted molar refractivity (Wildman–Crippen MR) is 80.0 cm³/mol. The van der Waals surface area contributed by atoms with Crippen molar-refractivity contribution in [1.29, 1.82) is 5.26 Å². The lowest BCUT2D eigenvalue weighted by atomic mass is 10.1. The summed E-state index contributed by atoms with van der Waals surface area (Å²) in [6, 6.07) is 15.7. The zero-order chi connectivity index (χ0) is 13.8. The van der Waals surface area contributed by atoms with E-state index in [1.54, 1.807) is 12.1 Å². The summed E-state index contributed by atoms with van der Waals surface area (Å²) in [6.45, 7) is 4.98. The Kier molecular flexibility index (Phi) is 4.09. The van der Waals surface area contributed by atoms with E-state index in [-0.39, 0.29) is 0 Å². The lowest BCUT2D eigenvalue weighted by Crippen LogP contribution is -2.17. The van der Waals surface area contributed by atoms with Crippen LogP contribution >= 0.6 is 11.6 Å². The molecule has 0 aliphatic rings. The van der Waals surface area contributed by atoms with Gasteiger partial charge in [0.2, 0.25) is 0 Å².